The highest BCUT2D eigenvalue weighted by atomic mass is 16.6. The molecule has 0 unspecified atom stereocenters. The molecule has 21 heavy (non-hydrogen) atoms. The molecule has 1 heterocycles. The summed E-state index contributed by atoms with van der Waals surface area (Å²) in [4.78, 5) is 27.4. The van der Waals surface area contributed by atoms with Crippen molar-refractivity contribution in [1.82, 2.24) is 9.80 Å². The van der Waals surface area contributed by atoms with Crippen LogP contribution in [0.5, 0.6) is 0 Å². The van der Waals surface area contributed by atoms with E-state index < -0.39 is 5.60 Å². The zero-order valence-corrected chi connectivity index (χ0v) is 13.4. The molecule has 118 valence electrons. The van der Waals surface area contributed by atoms with E-state index >= 15 is 0 Å². The number of hydrogen-bond acceptors (Lipinski definition) is 4. The van der Waals surface area contributed by atoms with E-state index in [2.05, 4.69) is 0 Å². The van der Waals surface area contributed by atoms with Crippen LogP contribution in [0, 0.1) is 17.2 Å². The monoisotopic (exact) mass is 295 g/mol. The molecule has 1 saturated heterocycles. The molecule has 0 saturated carbocycles. The fraction of sp³-hybridized carbons (Fsp3) is 0.800. The predicted molar refractivity (Wildman–Crippen MR) is 78.4 cm³/mol. The largest absolute Gasteiger partial charge is 0.444 e. The van der Waals surface area contributed by atoms with Gasteiger partial charge in [0.15, 0.2) is 0 Å². The second-order valence-electron chi connectivity index (χ2n) is 6.41. The maximum Gasteiger partial charge on any atom is 0.410 e. The topological polar surface area (TPSA) is 73.6 Å². The van der Waals surface area contributed by atoms with Crippen LogP contribution >= 0.6 is 0 Å². The summed E-state index contributed by atoms with van der Waals surface area (Å²) in [6, 6.07) is 2.04. The molecule has 0 radical (unpaired) electrons. The Morgan fingerprint density at radius 1 is 1.33 bits per heavy atom. The minimum absolute atomic E-state index is 0.0626. The highest BCUT2D eigenvalue weighted by Crippen LogP contribution is 2.21. The van der Waals surface area contributed by atoms with Crippen molar-refractivity contribution in [2.24, 2.45) is 5.92 Å². The van der Waals surface area contributed by atoms with Gasteiger partial charge < -0.3 is 14.5 Å². The summed E-state index contributed by atoms with van der Waals surface area (Å²) in [5.41, 5.74) is -0.499. The van der Waals surface area contributed by atoms with Gasteiger partial charge in [0, 0.05) is 32.6 Å². The maximum atomic E-state index is 12.2. The van der Waals surface area contributed by atoms with Gasteiger partial charge in [-0.25, -0.2) is 4.79 Å². The van der Waals surface area contributed by atoms with Crippen molar-refractivity contribution in [2.75, 3.05) is 26.7 Å². The fourth-order valence-corrected chi connectivity index (χ4v) is 2.28. The third kappa shape index (κ3) is 5.62. The molecule has 6 nitrogen and oxygen atoms in total. The molecule has 6 heteroatoms. The van der Waals surface area contributed by atoms with Crippen LogP contribution in [0.3, 0.4) is 0 Å². The molecule has 0 atom stereocenters. The summed E-state index contributed by atoms with van der Waals surface area (Å²) >= 11 is 0. The lowest BCUT2D eigenvalue weighted by Gasteiger charge is -2.34. The van der Waals surface area contributed by atoms with Crippen LogP contribution < -0.4 is 0 Å². The smallest absolute Gasteiger partial charge is 0.410 e. The van der Waals surface area contributed by atoms with Gasteiger partial charge in [0.1, 0.15) is 5.60 Å². The van der Waals surface area contributed by atoms with Crippen molar-refractivity contribution in [1.29, 1.82) is 5.26 Å². The molecule has 0 spiro atoms. The van der Waals surface area contributed by atoms with E-state index in [1.54, 1.807) is 16.8 Å². The molecule has 1 rings (SSSR count). The van der Waals surface area contributed by atoms with Gasteiger partial charge >= 0.3 is 6.09 Å². The predicted octanol–water partition coefficient (Wildman–Crippen LogP) is 2.01. The van der Waals surface area contributed by atoms with Crippen LogP contribution in [0.25, 0.3) is 0 Å². The van der Waals surface area contributed by atoms with E-state index in [0.717, 1.165) is 0 Å². The van der Waals surface area contributed by atoms with Gasteiger partial charge in [0.2, 0.25) is 5.91 Å². The number of carbonyl (C=O) groups excluding carboxylic acids is 2. The second kappa shape index (κ2) is 7.30. The number of piperidine rings is 1. The molecular weight excluding hydrogens is 270 g/mol. The van der Waals surface area contributed by atoms with E-state index in [0.29, 0.717) is 38.9 Å². The van der Waals surface area contributed by atoms with Crippen LogP contribution in [-0.2, 0) is 9.53 Å². The number of ether oxygens (including phenoxy) is 1. The Morgan fingerprint density at radius 2 is 1.90 bits per heavy atom. The zero-order chi connectivity index (χ0) is 16.0. The Bertz CT molecular complexity index is 415. The molecule has 1 aliphatic heterocycles. The van der Waals surface area contributed by atoms with E-state index in [-0.39, 0.29) is 17.9 Å². The lowest BCUT2D eigenvalue weighted by Crippen LogP contribution is -2.45. The third-order valence-corrected chi connectivity index (χ3v) is 3.43. The molecule has 1 fully saturated rings. The molecular formula is C15H25N3O3. The van der Waals surface area contributed by atoms with Crippen LogP contribution in [0.1, 0.15) is 40.0 Å². The minimum Gasteiger partial charge on any atom is -0.444 e. The Hall–Kier alpha value is -1.77. The molecule has 0 aromatic heterocycles. The third-order valence-electron chi connectivity index (χ3n) is 3.43. The van der Waals surface area contributed by atoms with E-state index in [1.807, 2.05) is 26.8 Å². The van der Waals surface area contributed by atoms with Gasteiger partial charge in [-0.2, -0.15) is 5.26 Å². The Balaban J connectivity index is 2.43. The first-order valence-electron chi connectivity index (χ1n) is 7.34. The Kier molecular flexibility index (Phi) is 6.01. The summed E-state index contributed by atoms with van der Waals surface area (Å²) in [6.45, 7) is 7.05. The van der Waals surface area contributed by atoms with E-state index in [4.69, 9.17) is 10.00 Å². The van der Waals surface area contributed by atoms with Gasteiger partial charge in [0.25, 0.3) is 0 Å². The number of rotatable bonds is 3. The number of nitrogens with zero attached hydrogens (tertiary/aromatic N) is 3. The first kappa shape index (κ1) is 17.3. The van der Waals surface area contributed by atoms with Crippen molar-refractivity contribution < 1.29 is 14.3 Å². The summed E-state index contributed by atoms with van der Waals surface area (Å²) in [5, 5.41) is 8.55. The van der Waals surface area contributed by atoms with E-state index in [9.17, 15) is 9.59 Å². The van der Waals surface area contributed by atoms with Crippen molar-refractivity contribution in [3.05, 3.63) is 0 Å². The summed E-state index contributed by atoms with van der Waals surface area (Å²) in [5.74, 6) is 0.00136. The van der Waals surface area contributed by atoms with Gasteiger partial charge in [-0.05, 0) is 33.6 Å². The molecule has 0 bridgehead atoms. The van der Waals surface area contributed by atoms with Crippen LogP contribution in [-0.4, -0.2) is 54.1 Å². The van der Waals surface area contributed by atoms with Crippen LogP contribution in [0.4, 0.5) is 4.79 Å². The molecule has 0 N–H and O–H groups in total. The first-order valence-corrected chi connectivity index (χ1v) is 7.34. The van der Waals surface area contributed by atoms with Gasteiger partial charge in [-0.1, -0.05) is 0 Å². The molecule has 2 amide bonds. The molecule has 1 aliphatic rings. The van der Waals surface area contributed by atoms with Crippen molar-refractivity contribution >= 4 is 12.0 Å². The fourth-order valence-electron chi connectivity index (χ4n) is 2.28. The van der Waals surface area contributed by atoms with Gasteiger partial charge in [-0.15, -0.1) is 0 Å². The lowest BCUT2D eigenvalue weighted by molar-refractivity contribution is -0.135. The SMILES string of the molecule is CN(CCC#N)C(=O)C1CCN(C(=O)OC(C)(C)C)CC1. The molecule has 0 aromatic carbocycles. The summed E-state index contributed by atoms with van der Waals surface area (Å²) in [6.07, 6.45) is 1.33. The van der Waals surface area contributed by atoms with E-state index in [1.165, 1.54) is 0 Å². The molecule has 0 aliphatic carbocycles. The first-order chi connectivity index (χ1) is 9.74. The average molecular weight is 295 g/mol. The quantitative estimate of drug-likeness (QED) is 0.798. The minimum atomic E-state index is -0.499. The van der Waals surface area contributed by atoms with Gasteiger partial charge in [-0.3, -0.25) is 4.79 Å². The number of carbonyl (C=O) groups is 2. The maximum absolute atomic E-state index is 12.2. The average Bonchev–Trinajstić information content (AvgIpc) is 2.42. The Morgan fingerprint density at radius 3 is 2.38 bits per heavy atom. The van der Waals surface area contributed by atoms with Crippen LogP contribution in [0.15, 0.2) is 0 Å². The summed E-state index contributed by atoms with van der Waals surface area (Å²) in [7, 11) is 1.72. The Labute approximate surface area is 126 Å². The van der Waals surface area contributed by atoms with Crippen molar-refractivity contribution in [2.45, 2.75) is 45.6 Å². The number of nitriles is 1. The second-order valence-corrected chi connectivity index (χ2v) is 6.41. The summed E-state index contributed by atoms with van der Waals surface area (Å²) < 4.78 is 5.33. The number of likely N-dealkylation sites (tertiary alicyclic amines) is 1. The van der Waals surface area contributed by atoms with Crippen molar-refractivity contribution in [3.8, 4) is 6.07 Å². The number of amides is 2. The normalized spacial score (nSPS) is 16.2. The van der Waals surface area contributed by atoms with Crippen molar-refractivity contribution in [3.63, 3.8) is 0 Å². The number of hydrogen-bond donors (Lipinski definition) is 0. The highest BCUT2D eigenvalue weighted by Gasteiger charge is 2.30. The van der Waals surface area contributed by atoms with Crippen LogP contribution in [0.2, 0.25) is 0 Å². The molecule has 0 aromatic rings. The highest BCUT2D eigenvalue weighted by molar-refractivity contribution is 5.79. The van der Waals surface area contributed by atoms with Gasteiger partial charge in [0.05, 0.1) is 12.5 Å². The zero-order valence-electron chi connectivity index (χ0n) is 13.4. The lowest BCUT2D eigenvalue weighted by atomic mass is 9.95. The standard InChI is InChI=1S/C15H25N3O3/c1-15(2,3)21-14(20)18-10-6-12(7-11-18)13(19)17(4)9-5-8-16/h12H,5-7,9-11H2,1-4H3.